The van der Waals surface area contributed by atoms with E-state index in [1.165, 1.54) is 6.21 Å². The number of para-hydroxylation sites is 1. The zero-order valence-corrected chi connectivity index (χ0v) is 15.3. The Balaban J connectivity index is 1.55. The van der Waals surface area contributed by atoms with Gasteiger partial charge in [-0.3, -0.25) is 9.59 Å². The van der Waals surface area contributed by atoms with E-state index < -0.39 is 11.8 Å². The number of carbonyl (C=O) groups is 2. The summed E-state index contributed by atoms with van der Waals surface area (Å²) in [6.07, 6.45) is 1.44. The molecule has 3 aromatic carbocycles. The van der Waals surface area contributed by atoms with Gasteiger partial charge in [0.25, 0.3) is 0 Å². The summed E-state index contributed by atoms with van der Waals surface area (Å²) < 4.78 is 5.75. The van der Waals surface area contributed by atoms with Gasteiger partial charge in [0.15, 0.2) is 0 Å². The normalized spacial score (nSPS) is 10.5. The van der Waals surface area contributed by atoms with Gasteiger partial charge in [-0.15, -0.1) is 0 Å². The molecule has 0 aliphatic rings. The SMILES string of the molecule is Cc1ccc(NC(=O)C(=O)NN=Cc2cccc(Oc3ccccc3)c2)cc1. The van der Waals surface area contributed by atoms with Crippen molar-refractivity contribution in [1.29, 1.82) is 0 Å². The predicted octanol–water partition coefficient (Wildman–Crippen LogP) is 3.88. The Hall–Kier alpha value is -3.93. The molecule has 0 atom stereocenters. The molecule has 0 saturated heterocycles. The first-order chi connectivity index (χ1) is 13.6. The standard InChI is InChI=1S/C22H19N3O3/c1-16-10-12-18(13-11-16)24-21(26)22(27)25-23-15-17-6-5-9-20(14-17)28-19-7-3-2-4-8-19/h2-15H,1H3,(H,24,26)(H,25,27). The van der Waals surface area contributed by atoms with E-state index in [0.717, 1.165) is 11.3 Å². The Labute approximate surface area is 162 Å². The first kappa shape index (κ1) is 18.8. The van der Waals surface area contributed by atoms with Crippen LogP contribution in [-0.4, -0.2) is 18.0 Å². The number of benzene rings is 3. The van der Waals surface area contributed by atoms with Gasteiger partial charge >= 0.3 is 11.8 Å². The number of rotatable bonds is 5. The minimum Gasteiger partial charge on any atom is -0.457 e. The highest BCUT2D eigenvalue weighted by Gasteiger charge is 2.12. The smallest absolute Gasteiger partial charge is 0.329 e. The predicted molar refractivity (Wildman–Crippen MR) is 109 cm³/mol. The van der Waals surface area contributed by atoms with Crippen LogP contribution in [0.3, 0.4) is 0 Å². The topological polar surface area (TPSA) is 79.8 Å². The number of hydrazone groups is 1. The average molecular weight is 373 g/mol. The fourth-order valence-corrected chi connectivity index (χ4v) is 2.32. The fraction of sp³-hybridized carbons (Fsp3) is 0.0455. The monoisotopic (exact) mass is 373 g/mol. The summed E-state index contributed by atoms with van der Waals surface area (Å²) in [5.41, 5.74) is 4.53. The third kappa shape index (κ3) is 5.54. The van der Waals surface area contributed by atoms with Gasteiger partial charge < -0.3 is 10.1 Å². The molecule has 3 rings (SSSR count). The maximum Gasteiger partial charge on any atom is 0.329 e. The van der Waals surface area contributed by atoms with Crippen LogP contribution in [0.2, 0.25) is 0 Å². The molecule has 0 aromatic heterocycles. The Morgan fingerprint density at radius 2 is 1.57 bits per heavy atom. The Bertz CT molecular complexity index is 983. The molecular formula is C22H19N3O3. The van der Waals surface area contributed by atoms with E-state index in [9.17, 15) is 9.59 Å². The highest BCUT2D eigenvalue weighted by Crippen LogP contribution is 2.21. The van der Waals surface area contributed by atoms with Gasteiger partial charge in [0, 0.05) is 5.69 Å². The summed E-state index contributed by atoms with van der Waals surface area (Å²) in [4.78, 5) is 23.7. The van der Waals surface area contributed by atoms with Crippen molar-refractivity contribution in [2.24, 2.45) is 5.10 Å². The summed E-state index contributed by atoms with van der Waals surface area (Å²) >= 11 is 0. The molecule has 0 bridgehead atoms. The van der Waals surface area contributed by atoms with E-state index in [4.69, 9.17) is 4.74 Å². The fourth-order valence-electron chi connectivity index (χ4n) is 2.32. The summed E-state index contributed by atoms with van der Waals surface area (Å²) in [5.74, 6) is -0.285. The second kappa shape index (κ2) is 9.14. The third-order valence-electron chi connectivity index (χ3n) is 3.73. The van der Waals surface area contributed by atoms with Crippen LogP contribution in [-0.2, 0) is 9.59 Å². The van der Waals surface area contributed by atoms with Crippen molar-refractivity contribution in [3.63, 3.8) is 0 Å². The van der Waals surface area contributed by atoms with Gasteiger partial charge in [0.1, 0.15) is 11.5 Å². The van der Waals surface area contributed by atoms with Crippen molar-refractivity contribution < 1.29 is 14.3 Å². The van der Waals surface area contributed by atoms with Crippen LogP contribution in [0.25, 0.3) is 0 Å². The van der Waals surface area contributed by atoms with Gasteiger partial charge in [-0.05, 0) is 48.9 Å². The molecule has 0 aliphatic heterocycles. The largest absolute Gasteiger partial charge is 0.457 e. The van der Waals surface area contributed by atoms with Gasteiger partial charge in [-0.25, -0.2) is 5.43 Å². The summed E-state index contributed by atoms with van der Waals surface area (Å²) in [6.45, 7) is 1.94. The van der Waals surface area contributed by atoms with Gasteiger partial charge in [0.2, 0.25) is 0 Å². The first-order valence-corrected chi connectivity index (χ1v) is 8.64. The minimum atomic E-state index is -0.853. The molecule has 6 nitrogen and oxygen atoms in total. The summed E-state index contributed by atoms with van der Waals surface area (Å²) in [7, 11) is 0. The van der Waals surface area contributed by atoms with Crippen molar-refractivity contribution in [3.8, 4) is 11.5 Å². The van der Waals surface area contributed by atoms with Crippen LogP contribution >= 0.6 is 0 Å². The second-order valence-electron chi connectivity index (χ2n) is 6.01. The van der Waals surface area contributed by atoms with Crippen molar-refractivity contribution in [2.75, 3.05) is 5.32 Å². The molecular weight excluding hydrogens is 354 g/mol. The van der Waals surface area contributed by atoms with Gasteiger partial charge in [0.05, 0.1) is 6.21 Å². The van der Waals surface area contributed by atoms with E-state index >= 15 is 0 Å². The Kier molecular flexibility index (Phi) is 6.15. The summed E-state index contributed by atoms with van der Waals surface area (Å²) in [6, 6.07) is 23.7. The van der Waals surface area contributed by atoms with Crippen LogP contribution in [0.4, 0.5) is 5.69 Å². The van der Waals surface area contributed by atoms with Crippen molar-refractivity contribution >= 4 is 23.7 Å². The molecule has 0 fully saturated rings. The Morgan fingerprint density at radius 3 is 2.32 bits per heavy atom. The van der Waals surface area contributed by atoms with Crippen molar-refractivity contribution in [3.05, 3.63) is 90.0 Å². The minimum absolute atomic E-state index is 0.542. The zero-order valence-electron chi connectivity index (χ0n) is 15.3. The molecule has 140 valence electrons. The average Bonchev–Trinajstić information content (AvgIpc) is 2.71. The van der Waals surface area contributed by atoms with Crippen LogP contribution < -0.4 is 15.5 Å². The van der Waals surface area contributed by atoms with E-state index in [2.05, 4.69) is 15.8 Å². The molecule has 3 aromatic rings. The number of nitrogens with one attached hydrogen (secondary N) is 2. The van der Waals surface area contributed by atoms with Crippen molar-refractivity contribution in [1.82, 2.24) is 5.43 Å². The van der Waals surface area contributed by atoms with Crippen molar-refractivity contribution in [2.45, 2.75) is 6.92 Å². The maximum absolute atomic E-state index is 11.9. The van der Waals surface area contributed by atoms with Gasteiger partial charge in [-0.2, -0.15) is 5.10 Å². The highest BCUT2D eigenvalue weighted by atomic mass is 16.5. The number of carbonyl (C=O) groups excluding carboxylic acids is 2. The number of hydrogen-bond acceptors (Lipinski definition) is 4. The molecule has 2 amide bonds. The number of hydrogen-bond donors (Lipinski definition) is 2. The summed E-state index contributed by atoms with van der Waals surface area (Å²) in [5, 5.41) is 6.33. The molecule has 0 saturated carbocycles. The Morgan fingerprint density at radius 1 is 0.857 bits per heavy atom. The molecule has 0 heterocycles. The van der Waals surface area contributed by atoms with E-state index in [1.807, 2.05) is 61.5 Å². The highest BCUT2D eigenvalue weighted by molar-refractivity contribution is 6.39. The van der Waals surface area contributed by atoms with Crippen LogP contribution in [0.1, 0.15) is 11.1 Å². The maximum atomic E-state index is 11.9. The van der Waals surface area contributed by atoms with E-state index in [1.54, 1.807) is 24.3 Å². The van der Waals surface area contributed by atoms with Crippen LogP contribution in [0, 0.1) is 6.92 Å². The lowest BCUT2D eigenvalue weighted by Crippen LogP contribution is -2.32. The lowest BCUT2D eigenvalue weighted by molar-refractivity contribution is -0.136. The zero-order chi connectivity index (χ0) is 19.8. The molecule has 0 spiro atoms. The molecule has 0 unspecified atom stereocenters. The lowest BCUT2D eigenvalue weighted by Gasteiger charge is -2.06. The third-order valence-corrected chi connectivity index (χ3v) is 3.73. The number of anilines is 1. The number of aryl methyl sites for hydroxylation is 1. The van der Waals surface area contributed by atoms with Gasteiger partial charge in [-0.1, -0.05) is 48.0 Å². The molecule has 0 radical (unpaired) electrons. The van der Waals surface area contributed by atoms with E-state index in [-0.39, 0.29) is 0 Å². The lowest BCUT2D eigenvalue weighted by atomic mass is 10.2. The molecule has 6 heteroatoms. The second-order valence-corrected chi connectivity index (χ2v) is 6.01. The van der Waals surface area contributed by atoms with Crippen LogP contribution in [0.5, 0.6) is 11.5 Å². The molecule has 2 N–H and O–H groups in total. The molecule has 0 aliphatic carbocycles. The van der Waals surface area contributed by atoms with Crippen LogP contribution in [0.15, 0.2) is 84.0 Å². The number of ether oxygens (including phenoxy) is 1. The number of nitrogens with zero attached hydrogens (tertiary/aromatic N) is 1. The first-order valence-electron chi connectivity index (χ1n) is 8.64. The van der Waals surface area contributed by atoms with E-state index in [0.29, 0.717) is 17.0 Å². The number of amides is 2. The molecule has 28 heavy (non-hydrogen) atoms. The quantitative estimate of drug-likeness (QED) is 0.405.